The van der Waals surface area contributed by atoms with E-state index in [0.29, 0.717) is 23.3 Å². The first-order valence-electron chi connectivity index (χ1n) is 8.83. The number of aryl methyl sites for hydroxylation is 1. The van der Waals surface area contributed by atoms with E-state index in [1.165, 1.54) is 6.33 Å². The van der Waals surface area contributed by atoms with Crippen LogP contribution in [0.4, 0.5) is 16.3 Å². The number of benzene rings is 1. The molecule has 0 bridgehead atoms. The van der Waals surface area contributed by atoms with Crippen LogP contribution in [0.2, 0.25) is 0 Å². The van der Waals surface area contributed by atoms with Crippen LogP contribution in [0.5, 0.6) is 0 Å². The van der Waals surface area contributed by atoms with E-state index in [4.69, 9.17) is 9.84 Å². The molecule has 0 fully saturated rings. The van der Waals surface area contributed by atoms with Gasteiger partial charge in [-0.1, -0.05) is 13.0 Å². The second-order valence-electron chi connectivity index (χ2n) is 7.06. The molecule has 2 aromatic heterocycles. The Morgan fingerprint density at radius 2 is 2.04 bits per heavy atom. The van der Waals surface area contributed by atoms with Crippen LogP contribution >= 0.6 is 0 Å². The molecule has 0 spiro atoms. The number of rotatable bonds is 4. The molecular weight excluding hydrogens is 344 g/mol. The normalized spacial score (nSPS) is 11.4. The summed E-state index contributed by atoms with van der Waals surface area (Å²) in [6.45, 7) is 7.44. The van der Waals surface area contributed by atoms with Crippen LogP contribution in [0.15, 0.2) is 30.6 Å². The van der Waals surface area contributed by atoms with Gasteiger partial charge in [-0.05, 0) is 45.4 Å². The summed E-state index contributed by atoms with van der Waals surface area (Å²) in [5, 5.41) is 11.2. The largest absolute Gasteiger partial charge is 0.444 e. The highest BCUT2D eigenvalue weighted by atomic mass is 16.6. The lowest BCUT2D eigenvalue weighted by molar-refractivity contribution is 0.0635. The maximum Gasteiger partial charge on any atom is 0.413 e. The lowest BCUT2D eigenvalue weighted by Crippen LogP contribution is -2.27. The third kappa shape index (κ3) is 3.99. The SMILES string of the molecule is CCc1nn(-c2cccc(NC)c2)c2ncnc(NC(=O)OC(C)(C)C)c12. The highest BCUT2D eigenvalue weighted by Crippen LogP contribution is 2.27. The van der Waals surface area contributed by atoms with Crippen LogP contribution in [-0.2, 0) is 11.2 Å². The van der Waals surface area contributed by atoms with E-state index < -0.39 is 11.7 Å². The molecule has 3 rings (SSSR count). The first-order valence-corrected chi connectivity index (χ1v) is 8.83. The highest BCUT2D eigenvalue weighted by molar-refractivity contribution is 5.97. The predicted molar refractivity (Wildman–Crippen MR) is 105 cm³/mol. The zero-order valence-electron chi connectivity index (χ0n) is 16.2. The Bertz CT molecular complexity index is 974. The van der Waals surface area contributed by atoms with Gasteiger partial charge in [0.2, 0.25) is 0 Å². The van der Waals surface area contributed by atoms with Gasteiger partial charge in [0.15, 0.2) is 5.65 Å². The Labute approximate surface area is 158 Å². The molecule has 0 atom stereocenters. The van der Waals surface area contributed by atoms with Crippen molar-refractivity contribution < 1.29 is 9.53 Å². The summed E-state index contributed by atoms with van der Waals surface area (Å²) in [6.07, 6.45) is 1.52. The molecule has 2 N–H and O–H groups in total. The van der Waals surface area contributed by atoms with E-state index >= 15 is 0 Å². The number of nitrogens with zero attached hydrogens (tertiary/aromatic N) is 4. The Balaban J connectivity index is 2.08. The van der Waals surface area contributed by atoms with Crippen LogP contribution in [-0.4, -0.2) is 38.5 Å². The summed E-state index contributed by atoms with van der Waals surface area (Å²) in [7, 11) is 1.86. The topological polar surface area (TPSA) is 94.0 Å². The average Bonchev–Trinajstić information content (AvgIpc) is 3.00. The van der Waals surface area contributed by atoms with Gasteiger partial charge in [-0.2, -0.15) is 5.10 Å². The van der Waals surface area contributed by atoms with Crippen molar-refractivity contribution in [1.82, 2.24) is 19.7 Å². The highest BCUT2D eigenvalue weighted by Gasteiger charge is 2.21. The molecule has 1 amide bonds. The summed E-state index contributed by atoms with van der Waals surface area (Å²) in [4.78, 5) is 20.8. The number of nitrogens with one attached hydrogen (secondary N) is 2. The molecule has 0 aliphatic carbocycles. The third-order valence-electron chi connectivity index (χ3n) is 3.87. The number of anilines is 2. The van der Waals surface area contributed by atoms with Gasteiger partial charge in [-0.3, -0.25) is 5.32 Å². The van der Waals surface area contributed by atoms with Crippen molar-refractivity contribution in [3.8, 4) is 5.69 Å². The quantitative estimate of drug-likeness (QED) is 0.728. The molecule has 0 radical (unpaired) electrons. The fourth-order valence-electron chi connectivity index (χ4n) is 2.74. The van der Waals surface area contributed by atoms with Crippen molar-refractivity contribution in [1.29, 1.82) is 0 Å². The number of fused-ring (bicyclic) bond motifs is 1. The summed E-state index contributed by atoms with van der Waals surface area (Å²) < 4.78 is 7.10. The molecule has 1 aromatic carbocycles. The van der Waals surface area contributed by atoms with Gasteiger partial charge in [-0.25, -0.2) is 19.4 Å². The van der Waals surface area contributed by atoms with Crippen LogP contribution < -0.4 is 10.6 Å². The maximum atomic E-state index is 12.2. The maximum absolute atomic E-state index is 12.2. The number of hydrogen-bond donors (Lipinski definition) is 2. The number of amides is 1. The lowest BCUT2D eigenvalue weighted by atomic mass is 10.2. The van der Waals surface area contributed by atoms with Gasteiger partial charge in [0, 0.05) is 12.7 Å². The standard InChI is InChI=1S/C19H24N6O2/c1-6-14-15-16(23-18(26)27-19(2,3)4)21-11-22-17(15)25(24-14)13-9-7-8-12(10-13)20-5/h7-11,20H,6H2,1-5H3,(H,21,22,23,26). The predicted octanol–water partition coefficient (Wildman–Crippen LogP) is 3.77. The summed E-state index contributed by atoms with van der Waals surface area (Å²) in [5.74, 6) is 0.391. The van der Waals surface area contributed by atoms with Gasteiger partial charge < -0.3 is 10.1 Å². The van der Waals surface area contributed by atoms with E-state index in [9.17, 15) is 4.79 Å². The summed E-state index contributed by atoms with van der Waals surface area (Å²) >= 11 is 0. The first kappa shape index (κ1) is 18.6. The molecule has 0 saturated heterocycles. The molecule has 142 valence electrons. The number of hydrogen-bond acceptors (Lipinski definition) is 6. The van der Waals surface area contributed by atoms with Crippen LogP contribution in [0, 0.1) is 0 Å². The van der Waals surface area contributed by atoms with Gasteiger partial charge in [0.25, 0.3) is 0 Å². The fraction of sp³-hybridized carbons (Fsp3) is 0.368. The minimum atomic E-state index is -0.596. The average molecular weight is 368 g/mol. The number of carbonyl (C=O) groups is 1. The van der Waals surface area contributed by atoms with Crippen LogP contribution in [0.1, 0.15) is 33.4 Å². The van der Waals surface area contributed by atoms with Crippen molar-refractivity contribution in [2.24, 2.45) is 0 Å². The molecule has 27 heavy (non-hydrogen) atoms. The summed E-state index contributed by atoms with van der Waals surface area (Å²) in [5.41, 5.74) is 2.67. The Hall–Kier alpha value is -3.16. The number of ether oxygens (including phenoxy) is 1. The fourth-order valence-corrected chi connectivity index (χ4v) is 2.74. The third-order valence-corrected chi connectivity index (χ3v) is 3.87. The Morgan fingerprint density at radius 1 is 1.26 bits per heavy atom. The zero-order chi connectivity index (χ0) is 19.6. The van der Waals surface area contributed by atoms with Crippen molar-refractivity contribution in [3.63, 3.8) is 0 Å². The minimum absolute atomic E-state index is 0.391. The smallest absolute Gasteiger partial charge is 0.413 e. The van der Waals surface area contributed by atoms with Crippen molar-refractivity contribution in [2.45, 2.75) is 39.7 Å². The number of aromatic nitrogens is 4. The molecule has 0 aliphatic heterocycles. The van der Waals surface area contributed by atoms with E-state index in [1.807, 2.05) is 59.0 Å². The second kappa shape index (κ2) is 7.22. The van der Waals surface area contributed by atoms with E-state index in [1.54, 1.807) is 4.68 Å². The van der Waals surface area contributed by atoms with E-state index in [-0.39, 0.29) is 0 Å². The summed E-state index contributed by atoms with van der Waals surface area (Å²) in [6, 6.07) is 7.85. The minimum Gasteiger partial charge on any atom is -0.444 e. The lowest BCUT2D eigenvalue weighted by Gasteiger charge is -2.19. The molecule has 2 heterocycles. The molecular formula is C19H24N6O2. The first-order chi connectivity index (χ1) is 12.8. The molecule has 3 aromatic rings. The van der Waals surface area contributed by atoms with E-state index in [0.717, 1.165) is 17.1 Å². The molecule has 0 unspecified atom stereocenters. The molecule has 8 nitrogen and oxygen atoms in total. The molecule has 0 saturated carbocycles. The Kier molecular flexibility index (Phi) is 4.98. The van der Waals surface area contributed by atoms with Crippen LogP contribution in [0.3, 0.4) is 0 Å². The van der Waals surface area contributed by atoms with Gasteiger partial charge >= 0.3 is 6.09 Å². The van der Waals surface area contributed by atoms with Gasteiger partial charge in [0.05, 0.1) is 16.8 Å². The van der Waals surface area contributed by atoms with Crippen LogP contribution in [0.25, 0.3) is 16.7 Å². The van der Waals surface area contributed by atoms with Gasteiger partial charge in [-0.15, -0.1) is 0 Å². The monoisotopic (exact) mass is 368 g/mol. The van der Waals surface area contributed by atoms with Crippen molar-refractivity contribution >= 4 is 28.6 Å². The second-order valence-corrected chi connectivity index (χ2v) is 7.06. The van der Waals surface area contributed by atoms with Crippen molar-refractivity contribution in [2.75, 3.05) is 17.7 Å². The number of carbonyl (C=O) groups excluding carboxylic acids is 1. The Morgan fingerprint density at radius 3 is 2.70 bits per heavy atom. The van der Waals surface area contributed by atoms with Crippen molar-refractivity contribution in [3.05, 3.63) is 36.3 Å². The van der Waals surface area contributed by atoms with E-state index in [2.05, 4.69) is 20.6 Å². The molecule has 0 aliphatic rings. The zero-order valence-corrected chi connectivity index (χ0v) is 16.2. The van der Waals surface area contributed by atoms with Gasteiger partial charge in [0.1, 0.15) is 17.7 Å². The molecule has 8 heteroatoms.